The first-order chi connectivity index (χ1) is 9.58. The summed E-state index contributed by atoms with van der Waals surface area (Å²) in [7, 11) is -0.913. The van der Waals surface area contributed by atoms with Crippen LogP contribution in [0.25, 0.3) is 5.95 Å². The van der Waals surface area contributed by atoms with Gasteiger partial charge in [-0.1, -0.05) is 0 Å². The summed E-state index contributed by atoms with van der Waals surface area (Å²) in [5, 5.41) is 6.98. The zero-order chi connectivity index (χ0) is 14.5. The van der Waals surface area contributed by atoms with Gasteiger partial charge in [0.05, 0.1) is 0 Å². The fourth-order valence-electron chi connectivity index (χ4n) is 1.52. The molecule has 11 heteroatoms. The van der Waals surface area contributed by atoms with Crippen LogP contribution in [0.5, 0.6) is 0 Å². The van der Waals surface area contributed by atoms with E-state index in [4.69, 9.17) is 5.84 Å². The quantitative estimate of drug-likeness (QED) is 0.449. The summed E-state index contributed by atoms with van der Waals surface area (Å²) in [6, 6.07) is -0.0579. The molecule has 0 aliphatic rings. The number of nitrogens with one attached hydrogen (secondary N) is 2. The number of hydrogen-bond acceptors (Lipinski definition) is 9. The number of anilines is 2. The van der Waals surface area contributed by atoms with E-state index in [-0.39, 0.29) is 17.9 Å². The average Bonchev–Trinajstić information content (AvgIpc) is 2.91. The van der Waals surface area contributed by atoms with E-state index < -0.39 is 10.8 Å². The van der Waals surface area contributed by atoms with Crippen LogP contribution in [-0.2, 0) is 10.8 Å². The summed E-state index contributed by atoms with van der Waals surface area (Å²) in [5.74, 6) is 6.59. The lowest BCUT2D eigenvalue weighted by Crippen LogP contribution is -2.25. The third-order valence-corrected chi connectivity index (χ3v) is 3.21. The molecule has 2 aromatic rings. The van der Waals surface area contributed by atoms with Crippen molar-refractivity contribution in [3.63, 3.8) is 0 Å². The highest BCUT2D eigenvalue weighted by Gasteiger charge is 2.11. The van der Waals surface area contributed by atoms with Crippen LogP contribution in [-0.4, -0.2) is 52.0 Å². The Morgan fingerprint density at radius 3 is 2.75 bits per heavy atom. The van der Waals surface area contributed by atoms with Crippen molar-refractivity contribution >= 4 is 22.7 Å². The highest BCUT2D eigenvalue weighted by Crippen LogP contribution is 2.08. The predicted octanol–water partition coefficient (Wildman–Crippen LogP) is -1.08. The van der Waals surface area contributed by atoms with Crippen molar-refractivity contribution in [1.29, 1.82) is 0 Å². The number of nitrogens with zero attached hydrogens (tertiary/aromatic N) is 6. The molecule has 0 amide bonds. The van der Waals surface area contributed by atoms with Crippen molar-refractivity contribution in [3.05, 3.63) is 12.7 Å². The molecule has 108 valence electrons. The van der Waals surface area contributed by atoms with Crippen LogP contribution in [0.1, 0.15) is 6.92 Å². The smallest absolute Gasteiger partial charge is 0.258 e. The highest BCUT2D eigenvalue weighted by atomic mass is 32.2. The van der Waals surface area contributed by atoms with Crippen LogP contribution >= 0.6 is 0 Å². The first-order valence-corrected chi connectivity index (χ1v) is 7.45. The molecule has 10 nitrogen and oxygen atoms in total. The maximum atomic E-state index is 11.2. The van der Waals surface area contributed by atoms with E-state index in [0.29, 0.717) is 11.7 Å². The van der Waals surface area contributed by atoms with E-state index in [1.807, 2.05) is 6.92 Å². The fourth-order valence-corrected chi connectivity index (χ4v) is 2.31. The molecule has 2 heterocycles. The minimum Gasteiger partial charge on any atom is -0.351 e. The largest absolute Gasteiger partial charge is 0.351 e. The Morgan fingerprint density at radius 2 is 2.15 bits per heavy atom. The molecular formula is C9H15N9OS. The molecule has 0 radical (unpaired) electrons. The molecule has 0 saturated carbocycles. The summed E-state index contributed by atoms with van der Waals surface area (Å²) in [6.07, 6.45) is 4.47. The van der Waals surface area contributed by atoms with Crippen LogP contribution in [0.4, 0.5) is 11.9 Å². The minimum absolute atomic E-state index is 0.0579. The second kappa shape index (κ2) is 6.34. The Hall–Kier alpha value is -2.14. The molecule has 0 aromatic carbocycles. The van der Waals surface area contributed by atoms with Crippen molar-refractivity contribution in [2.75, 3.05) is 22.8 Å². The molecule has 0 aliphatic carbocycles. The molecule has 20 heavy (non-hydrogen) atoms. The van der Waals surface area contributed by atoms with Gasteiger partial charge in [0.15, 0.2) is 0 Å². The van der Waals surface area contributed by atoms with Gasteiger partial charge in [0, 0.05) is 28.9 Å². The number of hydrogen-bond donors (Lipinski definition) is 3. The number of nitrogens with two attached hydrogens (primary N) is 1. The van der Waals surface area contributed by atoms with E-state index in [2.05, 4.69) is 35.8 Å². The Balaban J connectivity index is 2.24. The van der Waals surface area contributed by atoms with Gasteiger partial charge in [-0.25, -0.2) is 10.8 Å². The number of nitrogen functional groups attached to an aromatic ring is 1. The van der Waals surface area contributed by atoms with E-state index >= 15 is 0 Å². The summed E-state index contributed by atoms with van der Waals surface area (Å²) in [5.41, 5.74) is 2.36. The van der Waals surface area contributed by atoms with Gasteiger partial charge in [-0.15, -0.1) is 0 Å². The van der Waals surface area contributed by atoms with E-state index in [0.717, 1.165) is 0 Å². The van der Waals surface area contributed by atoms with Gasteiger partial charge in [-0.2, -0.15) is 24.7 Å². The second-order valence-electron chi connectivity index (χ2n) is 4.05. The lowest BCUT2D eigenvalue weighted by Gasteiger charge is -2.13. The van der Waals surface area contributed by atoms with Crippen LogP contribution in [0.15, 0.2) is 12.7 Å². The molecule has 0 spiro atoms. The summed E-state index contributed by atoms with van der Waals surface area (Å²) < 4.78 is 12.6. The molecule has 0 fully saturated rings. The van der Waals surface area contributed by atoms with Gasteiger partial charge in [-0.3, -0.25) is 9.63 Å². The van der Waals surface area contributed by atoms with E-state index in [1.165, 1.54) is 17.3 Å². The van der Waals surface area contributed by atoms with Gasteiger partial charge in [0.25, 0.3) is 5.95 Å². The standard InChI is InChI=1S/C9H15N9OS/c1-6(3-20(2)19)13-7-14-8(17-10)16-9(15-7)18-5-11-4-12-18/h4-6H,3,10H2,1-2H3,(H2,13,14,15,16,17). The molecule has 4 N–H and O–H groups in total. The minimum atomic E-state index is -0.913. The first-order valence-electron chi connectivity index (χ1n) is 5.72. The topological polar surface area (TPSA) is 137 Å². The lowest BCUT2D eigenvalue weighted by atomic mass is 10.4. The summed E-state index contributed by atoms with van der Waals surface area (Å²) in [4.78, 5) is 16.2. The summed E-state index contributed by atoms with van der Waals surface area (Å²) in [6.45, 7) is 1.88. The van der Waals surface area contributed by atoms with E-state index in [9.17, 15) is 4.21 Å². The van der Waals surface area contributed by atoms with Gasteiger partial charge in [0.1, 0.15) is 12.7 Å². The molecule has 2 rings (SSSR count). The Bertz CT molecular complexity index is 587. The monoisotopic (exact) mass is 297 g/mol. The first kappa shape index (κ1) is 14.3. The number of aromatic nitrogens is 6. The van der Waals surface area contributed by atoms with Gasteiger partial charge < -0.3 is 5.32 Å². The predicted molar refractivity (Wildman–Crippen MR) is 74.6 cm³/mol. The average molecular weight is 297 g/mol. The summed E-state index contributed by atoms with van der Waals surface area (Å²) >= 11 is 0. The molecule has 0 bridgehead atoms. The highest BCUT2D eigenvalue weighted by molar-refractivity contribution is 7.84. The van der Waals surface area contributed by atoms with Crippen LogP contribution in [0.3, 0.4) is 0 Å². The molecular weight excluding hydrogens is 282 g/mol. The van der Waals surface area contributed by atoms with Gasteiger partial charge in [0.2, 0.25) is 11.9 Å². The zero-order valence-corrected chi connectivity index (χ0v) is 11.8. The zero-order valence-electron chi connectivity index (χ0n) is 11.0. The molecule has 0 aliphatic heterocycles. The number of hydrazine groups is 1. The van der Waals surface area contributed by atoms with E-state index in [1.54, 1.807) is 6.26 Å². The maximum Gasteiger partial charge on any atom is 0.258 e. The van der Waals surface area contributed by atoms with Crippen molar-refractivity contribution in [2.45, 2.75) is 13.0 Å². The Kier molecular flexibility index (Phi) is 4.53. The van der Waals surface area contributed by atoms with Crippen molar-refractivity contribution in [1.82, 2.24) is 29.7 Å². The molecule has 0 saturated heterocycles. The molecule has 2 aromatic heterocycles. The van der Waals surface area contributed by atoms with Crippen LogP contribution in [0, 0.1) is 0 Å². The molecule has 2 unspecified atom stereocenters. The maximum absolute atomic E-state index is 11.2. The van der Waals surface area contributed by atoms with Gasteiger partial charge >= 0.3 is 0 Å². The number of rotatable bonds is 6. The third kappa shape index (κ3) is 3.68. The molecule has 2 atom stereocenters. The van der Waals surface area contributed by atoms with Crippen molar-refractivity contribution in [2.24, 2.45) is 5.84 Å². The normalized spacial score (nSPS) is 13.8. The fraction of sp³-hybridized carbons (Fsp3) is 0.444. The van der Waals surface area contributed by atoms with Crippen LogP contribution < -0.4 is 16.6 Å². The van der Waals surface area contributed by atoms with Crippen molar-refractivity contribution < 1.29 is 4.21 Å². The second-order valence-corrected chi connectivity index (χ2v) is 5.53. The van der Waals surface area contributed by atoms with Gasteiger partial charge in [-0.05, 0) is 6.92 Å². The van der Waals surface area contributed by atoms with Crippen LogP contribution in [0.2, 0.25) is 0 Å². The lowest BCUT2D eigenvalue weighted by molar-refractivity contribution is 0.682. The Labute approximate surface area is 117 Å². The van der Waals surface area contributed by atoms with Crippen molar-refractivity contribution in [3.8, 4) is 5.95 Å². The Morgan fingerprint density at radius 1 is 1.40 bits per heavy atom. The third-order valence-electron chi connectivity index (χ3n) is 2.24. The SMILES string of the molecule is CC(CS(C)=O)Nc1nc(NN)nc(-n2cncn2)n1.